The minimum atomic E-state index is 0.0537. The van der Waals surface area contributed by atoms with Crippen molar-refractivity contribution in [3.05, 3.63) is 35.9 Å². The minimum Gasteiger partial charge on any atom is -0.392 e. The summed E-state index contributed by atoms with van der Waals surface area (Å²) in [4.78, 5) is 7.19. The third-order valence-electron chi connectivity index (χ3n) is 4.13. The van der Waals surface area contributed by atoms with Gasteiger partial charge in [0.2, 0.25) is 0 Å². The van der Waals surface area contributed by atoms with Gasteiger partial charge in [-0.2, -0.15) is 0 Å². The lowest BCUT2D eigenvalue weighted by molar-refractivity contribution is 0.283. The van der Waals surface area contributed by atoms with Gasteiger partial charge in [-0.25, -0.2) is 4.98 Å². The van der Waals surface area contributed by atoms with Gasteiger partial charge in [-0.05, 0) is 37.5 Å². The molecule has 1 aromatic carbocycles. The molecule has 0 fully saturated rings. The van der Waals surface area contributed by atoms with E-state index < -0.39 is 0 Å². The molecule has 0 amide bonds. The molecule has 1 atom stereocenters. The number of rotatable bonds is 7. The number of hydrogen-bond donors (Lipinski definition) is 1. The molecule has 1 aromatic heterocycles. The highest BCUT2D eigenvalue weighted by molar-refractivity contribution is 5.84. The fraction of sp³-hybridized carbons (Fsp3) is 0.500. The fourth-order valence-electron chi connectivity index (χ4n) is 2.62. The molecule has 0 spiro atoms. The van der Waals surface area contributed by atoms with Crippen LogP contribution in [-0.4, -0.2) is 22.7 Å². The van der Waals surface area contributed by atoms with Crippen LogP contribution in [-0.2, 0) is 6.61 Å². The van der Waals surface area contributed by atoms with E-state index >= 15 is 0 Å². The van der Waals surface area contributed by atoms with E-state index in [-0.39, 0.29) is 6.61 Å². The molecule has 0 saturated heterocycles. The average molecular weight is 286 g/mol. The number of aliphatic hydroxyl groups is 1. The summed E-state index contributed by atoms with van der Waals surface area (Å²) >= 11 is 0. The summed E-state index contributed by atoms with van der Waals surface area (Å²) in [6, 6.07) is 10.5. The molecule has 2 aromatic rings. The molecule has 1 N–H and O–H groups in total. The molecule has 21 heavy (non-hydrogen) atoms. The van der Waals surface area contributed by atoms with E-state index in [1.165, 1.54) is 6.42 Å². The fourth-order valence-corrected chi connectivity index (χ4v) is 2.62. The quantitative estimate of drug-likeness (QED) is 0.831. The Balaban J connectivity index is 2.46. The van der Waals surface area contributed by atoms with Crippen molar-refractivity contribution < 1.29 is 5.11 Å². The van der Waals surface area contributed by atoms with Crippen molar-refractivity contribution in [1.29, 1.82) is 0 Å². The first-order valence-corrected chi connectivity index (χ1v) is 7.97. The smallest absolute Gasteiger partial charge is 0.129 e. The highest BCUT2D eigenvalue weighted by atomic mass is 16.3. The number of pyridine rings is 1. The molecule has 3 nitrogen and oxygen atoms in total. The molecule has 0 aliphatic heterocycles. The van der Waals surface area contributed by atoms with Crippen molar-refractivity contribution in [2.24, 2.45) is 0 Å². The number of unbranched alkanes of at least 4 members (excludes halogenated alkanes) is 1. The summed E-state index contributed by atoms with van der Waals surface area (Å²) in [5.41, 5.74) is 1.92. The van der Waals surface area contributed by atoms with Crippen molar-refractivity contribution in [3.63, 3.8) is 0 Å². The summed E-state index contributed by atoms with van der Waals surface area (Å²) in [5, 5.41) is 10.7. The highest BCUT2D eigenvalue weighted by Gasteiger charge is 2.15. The second-order valence-electron chi connectivity index (χ2n) is 5.62. The molecule has 0 saturated carbocycles. The number of fused-ring (bicyclic) bond motifs is 1. The van der Waals surface area contributed by atoms with Crippen molar-refractivity contribution >= 4 is 16.7 Å². The van der Waals surface area contributed by atoms with Gasteiger partial charge in [0.05, 0.1) is 12.1 Å². The third kappa shape index (κ3) is 3.53. The molecule has 0 radical (unpaired) electrons. The molecule has 0 bridgehead atoms. The van der Waals surface area contributed by atoms with Crippen LogP contribution in [0.1, 0.15) is 45.6 Å². The highest BCUT2D eigenvalue weighted by Crippen LogP contribution is 2.25. The standard InChI is InChI=1S/C18H26N2O/c1-4-6-11-20(14(3)5-2)18-12-15(13-21)16-9-7-8-10-17(16)19-18/h7-10,12,14,21H,4-6,11,13H2,1-3H3. The largest absolute Gasteiger partial charge is 0.392 e. The van der Waals surface area contributed by atoms with Crippen LogP contribution in [0.4, 0.5) is 5.82 Å². The second kappa shape index (κ2) is 7.41. The maximum atomic E-state index is 9.67. The summed E-state index contributed by atoms with van der Waals surface area (Å²) in [6.45, 7) is 7.73. The number of anilines is 1. The van der Waals surface area contributed by atoms with Gasteiger partial charge in [0.25, 0.3) is 0 Å². The lowest BCUT2D eigenvalue weighted by Gasteiger charge is -2.30. The van der Waals surface area contributed by atoms with Gasteiger partial charge >= 0.3 is 0 Å². The molecule has 1 unspecified atom stereocenters. The van der Waals surface area contributed by atoms with Crippen LogP contribution in [0, 0.1) is 0 Å². The number of para-hydroxylation sites is 1. The molecular formula is C18H26N2O. The second-order valence-corrected chi connectivity index (χ2v) is 5.62. The van der Waals surface area contributed by atoms with E-state index in [1.54, 1.807) is 0 Å². The van der Waals surface area contributed by atoms with Gasteiger partial charge in [0.15, 0.2) is 0 Å². The first-order chi connectivity index (χ1) is 10.2. The third-order valence-corrected chi connectivity index (χ3v) is 4.13. The first-order valence-electron chi connectivity index (χ1n) is 7.97. The van der Waals surface area contributed by atoms with Crippen LogP contribution in [0.2, 0.25) is 0 Å². The number of hydrogen-bond acceptors (Lipinski definition) is 3. The Morgan fingerprint density at radius 3 is 2.67 bits per heavy atom. The summed E-state index contributed by atoms with van der Waals surface area (Å²) < 4.78 is 0. The van der Waals surface area contributed by atoms with E-state index in [4.69, 9.17) is 4.98 Å². The van der Waals surface area contributed by atoms with Crippen LogP contribution in [0.5, 0.6) is 0 Å². The molecule has 1 heterocycles. The Morgan fingerprint density at radius 1 is 1.24 bits per heavy atom. The molecule has 0 aliphatic carbocycles. The van der Waals surface area contributed by atoms with E-state index in [0.717, 1.165) is 41.7 Å². The zero-order valence-electron chi connectivity index (χ0n) is 13.3. The van der Waals surface area contributed by atoms with Crippen LogP contribution in [0.3, 0.4) is 0 Å². The average Bonchev–Trinajstić information content (AvgIpc) is 2.54. The van der Waals surface area contributed by atoms with Crippen LogP contribution >= 0.6 is 0 Å². The van der Waals surface area contributed by atoms with Crippen LogP contribution in [0.25, 0.3) is 10.9 Å². The Morgan fingerprint density at radius 2 is 2.00 bits per heavy atom. The van der Waals surface area contributed by atoms with Gasteiger partial charge in [0, 0.05) is 18.0 Å². The zero-order valence-corrected chi connectivity index (χ0v) is 13.3. The van der Waals surface area contributed by atoms with Crippen molar-refractivity contribution in [2.75, 3.05) is 11.4 Å². The zero-order chi connectivity index (χ0) is 15.2. The normalized spacial score (nSPS) is 12.6. The summed E-state index contributed by atoms with van der Waals surface area (Å²) in [6.07, 6.45) is 3.42. The molecule has 0 aliphatic rings. The van der Waals surface area contributed by atoms with Crippen molar-refractivity contribution in [3.8, 4) is 0 Å². The SMILES string of the molecule is CCCCN(c1cc(CO)c2ccccc2n1)C(C)CC. The Hall–Kier alpha value is -1.61. The van der Waals surface area contributed by atoms with E-state index in [0.29, 0.717) is 6.04 Å². The van der Waals surface area contributed by atoms with Gasteiger partial charge in [-0.15, -0.1) is 0 Å². The van der Waals surface area contributed by atoms with E-state index in [2.05, 4.69) is 25.7 Å². The molecule has 114 valence electrons. The van der Waals surface area contributed by atoms with Crippen LogP contribution in [0.15, 0.2) is 30.3 Å². The Labute approximate surface area is 127 Å². The first kappa shape index (κ1) is 15.8. The van der Waals surface area contributed by atoms with E-state index in [1.807, 2.05) is 30.3 Å². The van der Waals surface area contributed by atoms with Crippen molar-refractivity contribution in [1.82, 2.24) is 4.98 Å². The minimum absolute atomic E-state index is 0.0537. The van der Waals surface area contributed by atoms with E-state index in [9.17, 15) is 5.11 Å². The maximum absolute atomic E-state index is 9.67. The molecular weight excluding hydrogens is 260 g/mol. The number of aromatic nitrogens is 1. The lowest BCUT2D eigenvalue weighted by Crippen LogP contribution is -2.34. The number of benzene rings is 1. The Bertz CT molecular complexity index is 582. The monoisotopic (exact) mass is 286 g/mol. The maximum Gasteiger partial charge on any atom is 0.129 e. The lowest BCUT2D eigenvalue weighted by atomic mass is 10.1. The summed E-state index contributed by atoms with van der Waals surface area (Å²) in [5.74, 6) is 0.987. The number of aliphatic hydroxyl groups excluding tert-OH is 1. The molecule has 2 rings (SSSR count). The number of nitrogens with zero attached hydrogens (tertiary/aromatic N) is 2. The van der Waals surface area contributed by atoms with Gasteiger partial charge in [0.1, 0.15) is 5.82 Å². The predicted octanol–water partition coefficient (Wildman–Crippen LogP) is 4.13. The van der Waals surface area contributed by atoms with Gasteiger partial charge in [-0.3, -0.25) is 0 Å². The van der Waals surface area contributed by atoms with Crippen LogP contribution < -0.4 is 4.90 Å². The van der Waals surface area contributed by atoms with Gasteiger partial charge < -0.3 is 10.0 Å². The summed E-state index contributed by atoms with van der Waals surface area (Å²) in [7, 11) is 0. The van der Waals surface area contributed by atoms with Gasteiger partial charge in [-0.1, -0.05) is 38.5 Å². The van der Waals surface area contributed by atoms with Crippen molar-refractivity contribution in [2.45, 2.75) is 52.7 Å². The molecule has 3 heteroatoms. The topological polar surface area (TPSA) is 36.4 Å². The Kier molecular flexibility index (Phi) is 5.57. The predicted molar refractivity (Wildman–Crippen MR) is 89.7 cm³/mol.